The number of alkyl halides is 3. The van der Waals surface area contributed by atoms with Crippen LogP contribution in [0.5, 0.6) is 0 Å². The molecular formula is C14H19F3N2O3S. The molecule has 0 atom stereocenters. The number of rotatable bonds is 6. The van der Waals surface area contributed by atoms with Crippen LogP contribution in [0.4, 0.5) is 23.7 Å². The zero-order chi connectivity index (χ0) is 17.7. The second-order valence-corrected chi connectivity index (χ2v) is 7.66. The van der Waals surface area contributed by atoms with E-state index in [9.17, 15) is 26.4 Å². The average Bonchev–Trinajstić information content (AvgIpc) is 2.36. The number of hydrogen-bond donors (Lipinski definition) is 2. The van der Waals surface area contributed by atoms with Crippen molar-refractivity contribution in [3.05, 3.63) is 29.8 Å². The normalized spacial score (nSPS) is 12.3. The smallest absolute Gasteiger partial charge is 0.337 e. The molecule has 5 nitrogen and oxygen atoms in total. The number of carbonyl (C=O) groups excluding carboxylic acids is 1. The highest BCUT2D eigenvalue weighted by atomic mass is 32.2. The van der Waals surface area contributed by atoms with E-state index in [1.807, 2.05) is 0 Å². The number of benzene rings is 1. The number of amides is 2. The maximum Gasteiger partial charge on any atom is 0.418 e. The summed E-state index contributed by atoms with van der Waals surface area (Å²) in [6.07, 6.45) is -4.59. The summed E-state index contributed by atoms with van der Waals surface area (Å²) in [6, 6.07) is 3.66. The Morgan fingerprint density at radius 2 is 1.83 bits per heavy atom. The Kier molecular flexibility index (Phi) is 6.43. The number of sulfone groups is 1. The largest absolute Gasteiger partial charge is 0.418 e. The van der Waals surface area contributed by atoms with Gasteiger partial charge in [-0.3, -0.25) is 0 Å². The van der Waals surface area contributed by atoms with E-state index in [0.29, 0.717) is 0 Å². The Labute approximate surface area is 133 Å². The second-order valence-electron chi connectivity index (χ2n) is 5.43. The number of urea groups is 1. The van der Waals surface area contributed by atoms with Crippen molar-refractivity contribution >= 4 is 21.6 Å². The third-order valence-corrected chi connectivity index (χ3v) is 4.77. The van der Waals surface area contributed by atoms with Gasteiger partial charge in [-0.25, -0.2) is 13.2 Å². The lowest BCUT2D eigenvalue weighted by atomic mass is 10.1. The molecule has 0 aliphatic heterocycles. The molecule has 2 amide bonds. The van der Waals surface area contributed by atoms with Crippen LogP contribution in [0.1, 0.15) is 19.4 Å². The van der Waals surface area contributed by atoms with Gasteiger partial charge in [0.05, 0.1) is 22.8 Å². The third-order valence-electron chi connectivity index (χ3n) is 2.77. The molecule has 1 aromatic carbocycles. The molecule has 9 heteroatoms. The van der Waals surface area contributed by atoms with Crippen molar-refractivity contribution in [3.8, 4) is 0 Å². The summed E-state index contributed by atoms with van der Waals surface area (Å²) >= 11 is 0. The van der Waals surface area contributed by atoms with Gasteiger partial charge in [-0.2, -0.15) is 13.2 Å². The minimum atomic E-state index is -4.59. The molecule has 23 heavy (non-hydrogen) atoms. The van der Waals surface area contributed by atoms with Gasteiger partial charge < -0.3 is 10.6 Å². The summed E-state index contributed by atoms with van der Waals surface area (Å²) in [7, 11) is -3.30. The molecule has 0 fully saturated rings. The van der Waals surface area contributed by atoms with Gasteiger partial charge in [0.2, 0.25) is 0 Å². The first-order chi connectivity index (χ1) is 10.5. The Morgan fingerprint density at radius 3 is 2.39 bits per heavy atom. The number of para-hydroxylation sites is 1. The van der Waals surface area contributed by atoms with Crippen molar-refractivity contribution < 1.29 is 26.4 Å². The van der Waals surface area contributed by atoms with Crippen LogP contribution in [0.3, 0.4) is 0 Å². The molecule has 1 aromatic rings. The van der Waals surface area contributed by atoms with Gasteiger partial charge in [-0.05, 0) is 18.1 Å². The minimum absolute atomic E-state index is 0.00674. The van der Waals surface area contributed by atoms with E-state index in [2.05, 4.69) is 10.6 Å². The fraction of sp³-hybridized carbons (Fsp3) is 0.500. The average molecular weight is 352 g/mol. The number of halogens is 3. The van der Waals surface area contributed by atoms with Crippen molar-refractivity contribution in [2.45, 2.75) is 20.0 Å². The molecule has 0 spiro atoms. The third kappa shape index (κ3) is 6.89. The standard InChI is InChI=1S/C14H19F3N2O3S/c1-10(2)9-23(21,22)8-7-18-13(20)19-12-6-4-3-5-11(12)14(15,16)17/h3-6,10H,7-9H2,1-2H3,(H2,18,19,20). The van der Waals surface area contributed by atoms with Gasteiger partial charge in [-0.1, -0.05) is 26.0 Å². The van der Waals surface area contributed by atoms with Crippen LogP contribution in [0, 0.1) is 5.92 Å². The predicted molar refractivity (Wildman–Crippen MR) is 82.0 cm³/mol. The fourth-order valence-corrected chi connectivity index (χ4v) is 3.51. The minimum Gasteiger partial charge on any atom is -0.337 e. The molecule has 130 valence electrons. The molecule has 0 saturated carbocycles. The summed E-state index contributed by atoms with van der Waals surface area (Å²) in [5.74, 6) is -0.306. The molecule has 0 aliphatic carbocycles. The molecular weight excluding hydrogens is 333 g/mol. The molecule has 0 radical (unpaired) electrons. The number of anilines is 1. The van der Waals surface area contributed by atoms with E-state index in [1.54, 1.807) is 13.8 Å². The molecule has 1 rings (SSSR count). The van der Waals surface area contributed by atoms with E-state index >= 15 is 0 Å². The van der Waals surface area contributed by atoms with Gasteiger partial charge in [0.15, 0.2) is 9.84 Å². The Balaban J connectivity index is 2.59. The monoisotopic (exact) mass is 352 g/mol. The van der Waals surface area contributed by atoms with Crippen LogP contribution in [0.25, 0.3) is 0 Å². The van der Waals surface area contributed by atoms with Gasteiger partial charge in [0.25, 0.3) is 0 Å². The SMILES string of the molecule is CC(C)CS(=O)(=O)CCNC(=O)Nc1ccccc1C(F)(F)F. The highest BCUT2D eigenvalue weighted by Gasteiger charge is 2.33. The Hall–Kier alpha value is -1.77. The number of nitrogens with one attached hydrogen (secondary N) is 2. The van der Waals surface area contributed by atoms with Crippen molar-refractivity contribution in [1.82, 2.24) is 5.32 Å². The Bertz CT molecular complexity index is 643. The quantitative estimate of drug-likeness (QED) is 0.827. The van der Waals surface area contributed by atoms with Crippen molar-refractivity contribution in [2.24, 2.45) is 5.92 Å². The van der Waals surface area contributed by atoms with Crippen LogP contribution in [0.15, 0.2) is 24.3 Å². The summed E-state index contributed by atoms with van der Waals surface area (Å²) in [5.41, 5.74) is -1.36. The van der Waals surface area contributed by atoms with Gasteiger partial charge in [0, 0.05) is 6.54 Å². The lowest BCUT2D eigenvalue weighted by Crippen LogP contribution is -2.34. The topological polar surface area (TPSA) is 75.3 Å². The maximum absolute atomic E-state index is 12.8. The van der Waals surface area contributed by atoms with E-state index in [-0.39, 0.29) is 29.7 Å². The lowest BCUT2D eigenvalue weighted by Gasteiger charge is -2.14. The second kappa shape index (κ2) is 7.67. The fourth-order valence-electron chi connectivity index (χ4n) is 1.92. The maximum atomic E-state index is 12.8. The van der Waals surface area contributed by atoms with Crippen LogP contribution in [-0.4, -0.2) is 32.5 Å². The zero-order valence-corrected chi connectivity index (χ0v) is 13.6. The predicted octanol–water partition coefficient (Wildman–Crippen LogP) is 2.90. The highest BCUT2D eigenvalue weighted by molar-refractivity contribution is 7.91. The summed E-state index contributed by atoms with van der Waals surface area (Å²) < 4.78 is 61.6. The number of carbonyl (C=O) groups is 1. The highest BCUT2D eigenvalue weighted by Crippen LogP contribution is 2.34. The van der Waals surface area contributed by atoms with Gasteiger partial charge in [0.1, 0.15) is 0 Å². The molecule has 0 heterocycles. The molecule has 0 aromatic heterocycles. The van der Waals surface area contributed by atoms with E-state index in [1.165, 1.54) is 12.1 Å². The first kappa shape index (κ1) is 19.3. The molecule has 0 unspecified atom stereocenters. The zero-order valence-electron chi connectivity index (χ0n) is 12.8. The molecule has 2 N–H and O–H groups in total. The number of hydrogen-bond acceptors (Lipinski definition) is 3. The Morgan fingerprint density at radius 1 is 1.22 bits per heavy atom. The summed E-state index contributed by atoms with van der Waals surface area (Å²) in [5, 5.41) is 4.32. The van der Waals surface area contributed by atoms with E-state index < -0.39 is 27.6 Å². The van der Waals surface area contributed by atoms with Crippen LogP contribution >= 0.6 is 0 Å². The van der Waals surface area contributed by atoms with Crippen LogP contribution in [0.2, 0.25) is 0 Å². The van der Waals surface area contributed by atoms with Crippen LogP contribution < -0.4 is 10.6 Å². The summed E-state index contributed by atoms with van der Waals surface area (Å²) in [4.78, 5) is 11.6. The first-order valence-electron chi connectivity index (χ1n) is 6.93. The van der Waals surface area contributed by atoms with Crippen molar-refractivity contribution in [3.63, 3.8) is 0 Å². The molecule has 0 aliphatic rings. The molecule has 0 bridgehead atoms. The van der Waals surface area contributed by atoms with Crippen LogP contribution in [-0.2, 0) is 16.0 Å². The van der Waals surface area contributed by atoms with Gasteiger partial charge >= 0.3 is 12.2 Å². The summed E-state index contributed by atoms with van der Waals surface area (Å²) in [6.45, 7) is 3.34. The molecule has 0 saturated heterocycles. The first-order valence-corrected chi connectivity index (χ1v) is 8.75. The van der Waals surface area contributed by atoms with E-state index in [4.69, 9.17) is 0 Å². The lowest BCUT2D eigenvalue weighted by molar-refractivity contribution is -0.136. The van der Waals surface area contributed by atoms with Gasteiger partial charge in [-0.15, -0.1) is 0 Å². The van der Waals surface area contributed by atoms with E-state index in [0.717, 1.165) is 12.1 Å². The van der Waals surface area contributed by atoms with Crippen molar-refractivity contribution in [1.29, 1.82) is 0 Å². The van der Waals surface area contributed by atoms with Crippen molar-refractivity contribution in [2.75, 3.05) is 23.4 Å².